The van der Waals surface area contributed by atoms with Crippen LogP contribution in [0.2, 0.25) is 0 Å². The molecule has 14 rings (SSSR count). The van der Waals surface area contributed by atoms with E-state index in [1.807, 2.05) is 129 Å². The third-order valence-corrected chi connectivity index (χ3v) is 18.2. The number of hydrogen-bond acceptors (Lipinski definition) is 20. The number of halogens is 1. The summed E-state index contributed by atoms with van der Waals surface area (Å²) in [5.41, 5.74) is 6.55. The molecule has 27 nitrogen and oxygen atoms in total. The molecule has 3 amide bonds. The van der Waals surface area contributed by atoms with Crippen molar-refractivity contribution < 1.29 is 56.8 Å². The highest BCUT2D eigenvalue weighted by Gasteiger charge is 2.41. The smallest absolute Gasteiger partial charge is 0.321 e. The molecule has 6 aromatic carbocycles. The number of aromatic nitrogens is 11. The summed E-state index contributed by atoms with van der Waals surface area (Å²) >= 11 is 0. The molecule has 2 atom stereocenters. The van der Waals surface area contributed by atoms with E-state index < -0.39 is 35.7 Å². The van der Waals surface area contributed by atoms with Crippen LogP contribution in [0.1, 0.15) is 74.4 Å². The molecule has 1 fully saturated rings. The summed E-state index contributed by atoms with van der Waals surface area (Å²) in [6, 6.07) is 50.9. The summed E-state index contributed by atoms with van der Waals surface area (Å²) < 4.78 is 55.4. The van der Waals surface area contributed by atoms with Gasteiger partial charge in [-0.15, -0.1) is 0 Å². The highest BCUT2D eigenvalue weighted by Crippen LogP contribution is 2.35. The number of anilines is 1. The van der Waals surface area contributed by atoms with Gasteiger partial charge in [-0.25, -0.2) is 33.5 Å². The first kappa shape index (κ1) is 76.5. The van der Waals surface area contributed by atoms with E-state index in [1.165, 1.54) is 59.4 Å². The molecule has 1 aliphatic rings. The zero-order chi connectivity index (χ0) is 78.4. The monoisotopic (exact) mass is 1490 g/mol. The summed E-state index contributed by atoms with van der Waals surface area (Å²) in [4.78, 5) is 121. The molecule has 2 N–H and O–H groups in total. The van der Waals surface area contributed by atoms with Gasteiger partial charge in [-0.05, 0) is 129 Å². The van der Waals surface area contributed by atoms with Gasteiger partial charge >= 0.3 is 12.0 Å². The van der Waals surface area contributed by atoms with E-state index in [-0.39, 0.29) is 76.7 Å². The first-order valence-corrected chi connectivity index (χ1v) is 34.9. The highest BCUT2D eigenvalue weighted by atomic mass is 19.1. The molecule has 111 heavy (non-hydrogen) atoms. The summed E-state index contributed by atoms with van der Waals surface area (Å²) in [5.74, 6) is 0.888. The average Bonchev–Trinajstić information content (AvgIpc) is 1.69. The van der Waals surface area contributed by atoms with E-state index in [0.29, 0.717) is 91.3 Å². The fourth-order valence-corrected chi connectivity index (χ4v) is 12.2. The number of benzene rings is 6. The maximum atomic E-state index is 15.1. The molecule has 0 saturated carbocycles. The van der Waals surface area contributed by atoms with Crippen LogP contribution in [0, 0.1) is 19.7 Å². The predicted octanol–water partition coefficient (Wildman–Crippen LogP) is 12.9. The Morgan fingerprint density at radius 3 is 1.67 bits per heavy atom. The molecule has 13 aromatic rings. The van der Waals surface area contributed by atoms with Gasteiger partial charge in [-0.2, -0.15) is 4.98 Å². The van der Waals surface area contributed by atoms with Gasteiger partial charge in [0.15, 0.2) is 35.0 Å². The molecule has 28 heteroatoms. The SMILES string of the molecule is C/C=C(\C)N1CC(c2ccccc2)OC(C(=O)Cc2ccc(Oc3ccnc4cc(OC)ccc34)c(F)c2)C1=O.CNC(=O)Nc1nccc(Oc2ccc(CC(=O)c3c(C)n(C)n(-c4ccccc4)c3=O)nc2)n1.COc1ccc2c(Oc3ncc(CC(=O)c4c(C)n(C)n(-c5ccccc5)c4=O)cn3)ccnc2c1. The molecule has 1 saturated heterocycles. The van der Waals surface area contributed by atoms with Gasteiger partial charge in [0.05, 0.1) is 55.8 Å². The molecular weight excluding hydrogens is 1420 g/mol. The van der Waals surface area contributed by atoms with Crippen LogP contribution in [-0.2, 0) is 47.7 Å². The number of carbonyl (C=O) groups excluding carboxylic acids is 5. The number of methoxy groups -OCH3 is 2. The van der Waals surface area contributed by atoms with Crippen LogP contribution < -0.4 is 45.4 Å². The lowest BCUT2D eigenvalue weighted by atomic mass is 10.00. The van der Waals surface area contributed by atoms with Crippen LogP contribution in [0.5, 0.6) is 46.4 Å². The number of pyridine rings is 3. The normalized spacial score (nSPS) is 13.3. The number of rotatable bonds is 22. The standard InChI is InChI=1S/C32H29FN2O5.C27H23N5O4.C24H23N7O4/c1-4-20(2)35-19-30(22-8-6-5-7-9-22)40-31(32(35)37)27(36)17-21-10-13-29(25(33)16-21)39-28-14-15-34-26-18-23(38-3)11-12-24(26)28;1-17-25(26(34)32(31(17)2)19-7-5-4-6-8-19)23(33)13-18-15-29-27(30-16-18)36-24-11-12-28-22-14-20(35-3)9-10-21(22)24;1-15-21(22(33)31(30(15)3)17-7-5-4-6-8-17)19(32)13-16-9-10-18(14-27-16)35-20-11-12-26-23(28-20)29-24(34)25-2/h4-16,18,30-31H,17,19H2,1-3H3;4-12,14-16H,13H2,1-3H3;4-12,14H,13H2,1-3H3,(H2,25,26,28,29,34)/b20-4+;;. The van der Waals surface area contributed by atoms with Crippen molar-refractivity contribution in [3.8, 4) is 57.8 Å². The number of hydrogen-bond donors (Lipinski definition) is 2. The van der Waals surface area contributed by atoms with Crippen molar-refractivity contribution in [3.63, 3.8) is 0 Å². The van der Waals surface area contributed by atoms with Crippen molar-refractivity contribution in [3.05, 3.63) is 296 Å². The maximum Gasteiger partial charge on any atom is 0.321 e. The number of fused-ring (bicyclic) bond motifs is 2. The number of Topliss-reactive ketones (excluding diaryl/α,β-unsaturated/α-hetero) is 3. The second kappa shape index (κ2) is 34.6. The Kier molecular flexibility index (Phi) is 23.9. The van der Waals surface area contributed by atoms with Crippen LogP contribution in [-0.4, -0.2) is 122 Å². The van der Waals surface area contributed by atoms with Gasteiger partial charge in [-0.3, -0.25) is 58.4 Å². The number of nitrogens with zero attached hydrogens (tertiary/aromatic N) is 12. The lowest BCUT2D eigenvalue weighted by Gasteiger charge is -2.37. The Hall–Kier alpha value is -14.2. The van der Waals surface area contributed by atoms with E-state index in [9.17, 15) is 33.6 Å². The average molecular weight is 1500 g/mol. The number of carbonyl (C=O) groups is 5. The van der Waals surface area contributed by atoms with Gasteiger partial charge in [0.2, 0.25) is 11.8 Å². The van der Waals surface area contributed by atoms with Gasteiger partial charge < -0.3 is 38.6 Å². The number of nitrogens with one attached hydrogen (secondary N) is 2. The minimum atomic E-state index is -1.30. The lowest BCUT2D eigenvalue weighted by molar-refractivity contribution is -0.165. The Morgan fingerprint density at radius 2 is 1.13 bits per heavy atom. The molecular formula is C83H75FN14O13. The molecule has 0 radical (unpaired) electrons. The van der Waals surface area contributed by atoms with Crippen LogP contribution in [0.25, 0.3) is 33.2 Å². The highest BCUT2D eigenvalue weighted by molar-refractivity contribution is 6.06. The lowest BCUT2D eigenvalue weighted by Crippen LogP contribution is -2.51. The number of urea groups is 1. The Labute approximate surface area is 635 Å². The number of para-hydroxylation sites is 2. The summed E-state index contributed by atoms with van der Waals surface area (Å²) in [6.45, 7) is 7.47. The zero-order valence-electron chi connectivity index (χ0n) is 61.8. The van der Waals surface area contributed by atoms with Crippen molar-refractivity contribution in [1.29, 1.82) is 0 Å². The van der Waals surface area contributed by atoms with Crippen LogP contribution in [0.15, 0.2) is 234 Å². The fraction of sp³-hybridized carbons (Fsp3) is 0.181. The topological polar surface area (TPSA) is 312 Å². The molecule has 7 aromatic heterocycles. The van der Waals surface area contributed by atoms with Gasteiger partial charge in [0, 0.05) is 117 Å². The maximum absolute atomic E-state index is 15.1. The Morgan fingerprint density at radius 1 is 0.577 bits per heavy atom. The van der Waals surface area contributed by atoms with Crippen molar-refractivity contribution in [1.82, 2.24) is 63.8 Å². The summed E-state index contributed by atoms with van der Waals surface area (Å²) in [7, 11) is 8.15. The predicted molar refractivity (Wildman–Crippen MR) is 411 cm³/mol. The minimum absolute atomic E-state index is 0.00327. The Balaban J connectivity index is 0.000000155. The van der Waals surface area contributed by atoms with E-state index in [0.717, 1.165) is 16.6 Å². The molecule has 0 spiro atoms. The molecule has 562 valence electrons. The van der Waals surface area contributed by atoms with E-state index in [4.69, 9.17) is 28.4 Å². The molecule has 1 aliphatic heterocycles. The van der Waals surface area contributed by atoms with E-state index >= 15 is 4.39 Å². The quantitative estimate of drug-likeness (QED) is 0.0470. The zero-order valence-corrected chi connectivity index (χ0v) is 61.8. The fourth-order valence-electron chi connectivity index (χ4n) is 12.2. The van der Waals surface area contributed by atoms with Crippen LogP contribution >= 0.6 is 0 Å². The molecule has 2 unspecified atom stereocenters. The summed E-state index contributed by atoms with van der Waals surface area (Å²) in [6.07, 6.45) is 9.00. The molecule has 8 heterocycles. The number of amides is 3. The number of ketones is 3. The first-order valence-electron chi connectivity index (χ1n) is 34.9. The summed E-state index contributed by atoms with van der Waals surface area (Å²) in [5, 5.41) is 6.35. The van der Waals surface area contributed by atoms with Crippen molar-refractivity contribution in [2.24, 2.45) is 14.1 Å². The van der Waals surface area contributed by atoms with Gasteiger partial charge in [0.1, 0.15) is 46.0 Å². The second-order valence-electron chi connectivity index (χ2n) is 25.2. The van der Waals surface area contributed by atoms with Crippen LogP contribution in [0.4, 0.5) is 15.1 Å². The van der Waals surface area contributed by atoms with Crippen molar-refractivity contribution >= 4 is 57.0 Å². The van der Waals surface area contributed by atoms with Gasteiger partial charge in [0.25, 0.3) is 17.0 Å². The van der Waals surface area contributed by atoms with E-state index in [2.05, 4.69) is 45.5 Å². The minimum Gasteiger partial charge on any atom is -0.497 e. The van der Waals surface area contributed by atoms with Crippen molar-refractivity contribution in [2.45, 2.75) is 59.2 Å². The number of morpholine rings is 1. The second-order valence-corrected chi connectivity index (χ2v) is 25.2. The molecule has 0 bridgehead atoms. The van der Waals surface area contributed by atoms with Crippen LogP contribution in [0.3, 0.4) is 0 Å². The first-order chi connectivity index (χ1) is 53.7. The number of ether oxygens (including phenoxy) is 6. The van der Waals surface area contributed by atoms with Crippen molar-refractivity contribution in [2.75, 3.05) is 33.1 Å². The third-order valence-electron chi connectivity index (χ3n) is 18.2. The van der Waals surface area contributed by atoms with E-state index in [1.54, 1.807) is 117 Å². The number of allylic oxidation sites excluding steroid dienone is 2. The Bertz CT molecular complexity index is 5760. The van der Waals surface area contributed by atoms with Gasteiger partial charge in [-0.1, -0.05) is 78.9 Å². The molecule has 0 aliphatic carbocycles. The third kappa shape index (κ3) is 17.6. The largest absolute Gasteiger partial charge is 0.497 e.